The molecule has 3 aromatic carbocycles. The third-order valence-electron chi connectivity index (χ3n) is 5.26. The van der Waals surface area contributed by atoms with Crippen LogP contribution in [0.15, 0.2) is 72.8 Å². The van der Waals surface area contributed by atoms with Crippen molar-refractivity contribution in [2.45, 2.75) is 12.2 Å². The van der Waals surface area contributed by atoms with Gasteiger partial charge in [0.1, 0.15) is 11.5 Å². The Bertz CT molecular complexity index is 1410. The number of benzene rings is 3. The first kappa shape index (κ1) is 29.5. The smallest absolute Gasteiger partial charge is 0.349 e. The van der Waals surface area contributed by atoms with E-state index in [4.69, 9.17) is 30.5 Å². The van der Waals surface area contributed by atoms with Gasteiger partial charge in [-0.1, -0.05) is 23.7 Å². The normalized spacial score (nSPS) is 11.8. The molecule has 12 nitrogen and oxygen atoms in total. The van der Waals surface area contributed by atoms with Crippen molar-refractivity contribution < 1.29 is 48.0 Å². The summed E-state index contributed by atoms with van der Waals surface area (Å²) in [5.41, 5.74) is 3.99. The van der Waals surface area contributed by atoms with Gasteiger partial charge >= 0.3 is 17.9 Å². The van der Waals surface area contributed by atoms with Crippen LogP contribution in [0.25, 0.3) is 0 Å². The lowest BCUT2D eigenvalue weighted by Gasteiger charge is -2.23. The molecule has 0 saturated heterocycles. The number of carbonyl (C=O) groups is 5. The van der Waals surface area contributed by atoms with Crippen LogP contribution in [0.1, 0.15) is 31.1 Å². The fourth-order valence-electron chi connectivity index (χ4n) is 3.22. The first-order valence-electron chi connectivity index (χ1n) is 11.4. The van der Waals surface area contributed by atoms with Gasteiger partial charge in [0.05, 0.1) is 25.3 Å². The lowest BCUT2D eigenvalue weighted by atomic mass is 10.1. The summed E-state index contributed by atoms with van der Waals surface area (Å²) in [6.45, 7) is 0. The fourth-order valence-corrected chi connectivity index (χ4v) is 3.35. The van der Waals surface area contributed by atoms with Crippen LogP contribution >= 0.6 is 11.6 Å². The number of carboxylic acid groups (broad SMARTS) is 1. The zero-order chi connectivity index (χ0) is 29.2. The zero-order valence-corrected chi connectivity index (χ0v) is 21.8. The van der Waals surface area contributed by atoms with Gasteiger partial charge in [-0.3, -0.25) is 20.4 Å². The van der Waals surface area contributed by atoms with Crippen LogP contribution in [0.4, 0.5) is 0 Å². The minimum atomic E-state index is -2.32. The molecular formula is C27H23ClN2O10. The molecule has 0 bridgehead atoms. The van der Waals surface area contributed by atoms with Gasteiger partial charge < -0.3 is 24.1 Å². The third-order valence-corrected chi connectivity index (χ3v) is 5.51. The van der Waals surface area contributed by atoms with Crippen LogP contribution in [0, 0.1) is 0 Å². The number of hydrogen-bond donors (Lipinski definition) is 3. The van der Waals surface area contributed by atoms with Crippen LogP contribution in [-0.2, 0) is 19.1 Å². The molecule has 0 aromatic heterocycles. The number of hydrogen-bond acceptors (Lipinski definition) is 9. The zero-order valence-electron chi connectivity index (χ0n) is 21.1. The summed E-state index contributed by atoms with van der Waals surface area (Å²) in [5, 5.41) is 10.2. The molecule has 3 N–H and O–H groups in total. The first-order valence-corrected chi connectivity index (χ1v) is 11.8. The number of nitrogens with one attached hydrogen (secondary N) is 2. The largest absolute Gasteiger partial charge is 0.497 e. The first-order chi connectivity index (χ1) is 19.1. The maximum absolute atomic E-state index is 13.1. The monoisotopic (exact) mass is 570 g/mol. The molecule has 208 valence electrons. The van der Waals surface area contributed by atoms with Crippen LogP contribution < -0.4 is 20.3 Å². The van der Waals surface area contributed by atoms with Gasteiger partial charge in [-0.15, -0.1) is 0 Å². The molecule has 0 fully saturated rings. The fraction of sp³-hybridized carbons (Fsp3) is 0.148. The number of amides is 2. The summed E-state index contributed by atoms with van der Waals surface area (Å²) < 4.78 is 20.4. The van der Waals surface area contributed by atoms with Gasteiger partial charge in [0, 0.05) is 10.6 Å². The van der Waals surface area contributed by atoms with Gasteiger partial charge in [0.25, 0.3) is 11.8 Å². The number of methoxy groups -OCH3 is 2. The van der Waals surface area contributed by atoms with E-state index in [1.54, 1.807) is 12.1 Å². The quantitative estimate of drug-likeness (QED) is 0.243. The number of hydrazine groups is 1. The molecule has 0 saturated carbocycles. The second-order valence-electron chi connectivity index (χ2n) is 7.90. The minimum absolute atomic E-state index is 0.0920. The SMILES string of the molecule is COc1cccc(C(=O)O[C@H](C(=O)NNC(=O)c2ccc(Cl)cc2)[C@@H](OC(=O)c2cccc(OC)c2)C(=O)O)c1. The van der Waals surface area contributed by atoms with Gasteiger partial charge in [-0.05, 0) is 60.7 Å². The summed E-state index contributed by atoms with van der Waals surface area (Å²) in [6.07, 6.45) is -4.56. The molecule has 0 spiro atoms. The van der Waals surface area contributed by atoms with E-state index in [1.807, 2.05) is 5.43 Å². The Labute approximate surface area is 232 Å². The predicted octanol–water partition coefficient (Wildman–Crippen LogP) is 2.65. The highest BCUT2D eigenvalue weighted by Crippen LogP contribution is 2.18. The molecule has 40 heavy (non-hydrogen) atoms. The molecule has 3 rings (SSSR count). The topological polar surface area (TPSA) is 167 Å². The summed E-state index contributed by atoms with van der Waals surface area (Å²) in [7, 11) is 2.73. The van der Waals surface area contributed by atoms with Gasteiger partial charge in [-0.25, -0.2) is 14.4 Å². The maximum atomic E-state index is 13.1. The standard InChI is InChI=1S/C27H23ClN2O10/c1-37-19-7-3-5-16(13-19)26(35)39-21(24(32)30-29-23(31)15-9-11-18(28)12-10-15)22(25(33)34)40-27(36)17-6-4-8-20(14-17)38-2/h3-14,21-22H,1-2H3,(H,29,31)(H,30,32)(H,33,34)/t21-,22+/m0/s1. The summed E-state index contributed by atoms with van der Waals surface area (Å²) in [4.78, 5) is 63.3. The van der Waals surface area contributed by atoms with E-state index >= 15 is 0 Å². The number of halogens is 1. The summed E-state index contributed by atoms with van der Waals surface area (Å²) in [6, 6.07) is 16.9. The molecule has 0 unspecified atom stereocenters. The predicted molar refractivity (Wildman–Crippen MR) is 139 cm³/mol. The number of carbonyl (C=O) groups excluding carboxylic acids is 4. The third kappa shape index (κ3) is 7.71. The summed E-state index contributed by atoms with van der Waals surface area (Å²) in [5.74, 6) is -5.61. The highest BCUT2D eigenvalue weighted by molar-refractivity contribution is 6.30. The van der Waals surface area contributed by atoms with Gasteiger partial charge in [0.2, 0.25) is 12.2 Å². The van der Waals surface area contributed by atoms with E-state index in [0.29, 0.717) is 5.02 Å². The number of carboxylic acids is 1. The van der Waals surface area contributed by atoms with Crippen LogP contribution in [0.3, 0.4) is 0 Å². The minimum Gasteiger partial charge on any atom is -0.497 e. The van der Waals surface area contributed by atoms with E-state index in [-0.39, 0.29) is 28.2 Å². The Morgan fingerprint density at radius 1 is 0.700 bits per heavy atom. The van der Waals surface area contributed by atoms with Crippen molar-refractivity contribution in [3.63, 3.8) is 0 Å². The Hall–Kier alpha value is -5.10. The van der Waals surface area contributed by atoms with Crippen molar-refractivity contribution in [1.82, 2.24) is 10.9 Å². The van der Waals surface area contributed by atoms with Crippen molar-refractivity contribution in [3.8, 4) is 11.5 Å². The lowest BCUT2D eigenvalue weighted by molar-refractivity contribution is -0.159. The van der Waals surface area contributed by atoms with E-state index in [0.717, 1.165) is 0 Å². The van der Waals surface area contributed by atoms with Crippen molar-refractivity contribution in [2.24, 2.45) is 0 Å². The highest BCUT2D eigenvalue weighted by atomic mass is 35.5. The average molecular weight is 571 g/mol. The second kappa shape index (κ2) is 13.6. The molecule has 0 aliphatic heterocycles. The van der Waals surface area contributed by atoms with Gasteiger partial charge in [0.15, 0.2) is 0 Å². The molecule has 0 aliphatic rings. The number of ether oxygens (including phenoxy) is 4. The molecular weight excluding hydrogens is 548 g/mol. The lowest BCUT2D eigenvalue weighted by Crippen LogP contribution is -2.54. The van der Waals surface area contributed by atoms with Gasteiger partial charge in [-0.2, -0.15) is 0 Å². The Balaban J connectivity index is 1.87. The van der Waals surface area contributed by atoms with E-state index in [1.165, 1.54) is 74.9 Å². The van der Waals surface area contributed by atoms with E-state index in [2.05, 4.69) is 5.43 Å². The van der Waals surface area contributed by atoms with Crippen LogP contribution in [0.2, 0.25) is 5.02 Å². The van der Waals surface area contributed by atoms with Crippen LogP contribution in [-0.4, -0.2) is 61.3 Å². The van der Waals surface area contributed by atoms with Crippen molar-refractivity contribution in [2.75, 3.05) is 14.2 Å². The van der Waals surface area contributed by atoms with E-state index in [9.17, 15) is 29.1 Å². The number of rotatable bonds is 10. The second-order valence-corrected chi connectivity index (χ2v) is 8.34. The number of aliphatic carboxylic acids is 1. The molecule has 3 aromatic rings. The molecule has 13 heteroatoms. The Kier molecular flexibility index (Phi) is 10.0. The Morgan fingerprint density at radius 3 is 1.68 bits per heavy atom. The number of esters is 2. The van der Waals surface area contributed by atoms with Crippen molar-refractivity contribution >= 4 is 41.3 Å². The van der Waals surface area contributed by atoms with Crippen LogP contribution in [0.5, 0.6) is 11.5 Å². The van der Waals surface area contributed by atoms with Crippen molar-refractivity contribution in [1.29, 1.82) is 0 Å². The van der Waals surface area contributed by atoms with Crippen molar-refractivity contribution in [3.05, 3.63) is 94.5 Å². The average Bonchev–Trinajstić information content (AvgIpc) is 2.97. The van der Waals surface area contributed by atoms with E-state index < -0.39 is 41.9 Å². The molecule has 0 heterocycles. The molecule has 2 atom stereocenters. The molecule has 0 aliphatic carbocycles. The molecule has 0 radical (unpaired) electrons. The Morgan fingerprint density at radius 2 is 1.20 bits per heavy atom. The maximum Gasteiger partial charge on any atom is 0.349 e. The summed E-state index contributed by atoms with van der Waals surface area (Å²) >= 11 is 5.81. The molecule has 2 amide bonds. The highest BCUT2D eigenvalue weighted by Gasteiger charge is 2.41.